The predicted octanol–water partition coefficient (Wildman–Crippen LogP) is 1.44. The number of benzene rings is 1. The van der Waals surface area contributed by atoms with Gasteiger partial charge in [0.1, 0.15) is 0 Å². The second-order valence-corrected chi connectivity index (χ2v) is 7.84. The van der Waals surface area contributed by atoms with Crippen LogP contribution in [-0.4, -0.2) is 51.4 Å². The van der Waals surface area contributed by atoms with E-state index in [-0.39, 0.29) is 4.90 Å². The minimum Gasteiger partial charge on any atom is -0.306 e. The fourth-order valence-electron chi connectivity index (χ4n) is 2.74. The van der Waals surface area contributed by atoms with Gasteiger partial charge in [-0.2, -0.15) is 5.26 Å². The van der Waals surface area contributed by atoms with Gasteiger partial charge in [-0.15, -0.1) is 0 Å². The average Bonchev–Trinajstić information content (AvgIpc) is 2.83. The zero-order chi connectivity index (χ0) is 15.6. The van der Waals surface area contributed by atoms with Crippen molar-refractivity contribution in [1.29, 1.82) is 5.26 Å². The Morgan fingerprint density at radius 1 is 1.48 bits per heavy atom. The van der Waals surface area contributed by atoms with Crippen LogP contribution in [0.4, 0.5) is 0 Å². The molecule has 1 fully saturated rings. The monoisotopic (exact) mass is 307 g/mol. The Hall–Kier alpha value is -1.42. The first-order valence-electron chi connectivity index (χ1n) is 7.00. The number of nitriles is 1. The standard InChI is InChI=1S/C15H21N3O2S/c1-12-8-15(5-4-14(12)9-16)21(19,20)18(3)11-13-6-7-17(2)10-13/h4-5,8,13H,6-7,10-11H2,1-3H3. The van der Waals surface area contributed by atoms with Crippen LogP contribution in [0.2, 0.25) is 0 Å². The van der Waals surface area contributed by atoms with Crippen LogP contribution < -0.4 is 0 Å². The number of aryl methyl sites for hydroxylation is 1. The average molecular weight is 307 g/mol. The fourth-order valence-corrected chi connectivity index (χ4v) is 4.07. The molecule has 1 heterocycles. The third-order valence-corrected chi connectivity index (χ3v) is 5.85. The van der Waals surface area contributed by atoms with Gasteiger partial charge >= 0.3 is 0 Å². The maximum atomic E-state index is 12.6. The van der Waals surface area contributed by atoms with Gasteiger partial charge in [0.25, 0.3) is 0 Å². The molecule has 0 aliphatic carbocycles. The Bertz CT molecular complexity index is 664. The van der Waals surface area contributed by atoms with Gasteiger partial charge in [-0.05, 0) is 56.6 Å². The highest BCUT2D eigenvalue weighted by Gasteiger charge is 2.27. The topological polar surface area (TPSA) is 64.4 Å². The van der Waals surface area contributed by atoms with E-state index in [0.717, 1.165) is 19.5 Å². The normalized spacial score (nSPS) is 19.9. The number of likely N-dealkylation sites (tertiary alicyclic amines) is 1. The van der Waals surface area contributed by atoms with E-state index in [1.807, 2.05) is 0 Å². The molecule has 1 aliphatic rings. The van der Waals surface area contributed by atoms with Crippen molar-refractivity contribution in [3.63, 3.8) is 0 Å². The summed E-state index contributed by atoms with van der Waals surface area (Å²) >= 11 is 0. The molecule has 0 spiro atoms. The summed E-state index contributed by atoms with van der Waals surface area (Å²) in [5.41, 5.74) is 1.20. The number of hydrogen-bond acceptors (Lipinski definition) is 4. The predicted molar refractivity (Wildman–Crippen MR) is 81.3 cm³/mol. The second kappa shape index (κ2) is 6.14. The van der Waals surface area contributed by atoms with Crippen LogP contribution in [0.3, 0.4) is 0 Å². The molecule has 114 valence electrons. The molecular weight excluding hydrogens is 286 g/mol. The molecule has 21 heavy (non-hydrogen) atoms. The molecule has 6 heteroatoms. The van der Waals surface area contributed by atoms with Crippen molar-refractivity contribution < 1.29 is 8.42 Å². The van der Waals surface area contributed by atoms with E-state index in [2.05, 4.69) is 18.0 Å². The van der Waals surface area contributed by atoms with E-state index in [1.165, 1.54) is 10.4 Å². The molecule has 0 N–H and O–H groups in total. The summed E-state index contributed by atoms with van der Waals surface area (Å²) in [7, 11) is 0.194. The minimum atomic E-state index is -3.49. The lowest BCUT2D eigenvalue weighted by Gasteiger charge is -2.21. The van der Waals surface area contributed by atoms with Gasteiger partial charge in [0, 0.05) is 20.1 Å². The number of nitrogens with zero attached hydrogens (tertiary/aromatic N) is 3. The third-order valence-electron chi connectivity index (χ3n) is 4.03. The molecule has 1 unspecified atom stereocenters. The van der Waals surface area contributed by atoms with E-state index in [9.17, 15) is 8.42 Å². The van der Waals surface area contributed by atoms with Crippen molar-refractivity contribution in [3.05, 3.63) is 29.3 Å². The fraction of sp³-hybridized carbons (Fsp3) is 0.533. The summed E-state index contributed by atoms with van der Waals surface area (Å²) in [5, 5.41) is 8.92. The van der Waals surface area contributed by atoms with E-state index >= 15 is 0 Å². The van der Waals surface area contributed by atoms with Crippen LogP contribution in [0.15, 0.2) is 23.1 Å². The lowest BCUT2D eigenvalue weighted by atomic mass is 10.1. The molecule has 1 atom stereocenters. The lowest BCUT2D eigenvalue weighted by Crippen LogP contribution is -2.33. The van der Waals surface area contributed by atoms with Crippen molar-refractivity contribution in [2.24, 2.45) is 5.92 Å². The smallest absolute Gasteiger partial charge is 0.242 e. The highest BCUT2D eigenvalue weighted by Crippen LogP contribution is 2.21. The van der Waals surface area contributed by atoms with Gasteiger partial charge in [0.2, 0.25) is 10.0 Å². The van der Waals surface area contributed by atoms with Gasteiger partial charge in [-0.25, -0.2) is 12.7 Å². The van der Waals surface area contributed by atoms with Gasteiger partial charge in [0.15, 0.2) is 0 Å². The summed E-state index contributed by atoms with van der Waals surface area (Å²) < 4.78 is 26.6. The van der Waals surface area contributed by atoms with Crippen molar-refractivity contribution in [3.8, 4) is 6.07 Å². The first-order chi connectivity index (χ1) is 9.84. The van der Waals surface area contributed by atoms with E-state index in [4.69, 9.17) is 5.26 Å². The second-order valence-electron chi connectivity index (χ2n) is 5.79. The molecule has 1 aromatic carbocycles. The lowest BCUT2D eigenvalue weighted by molar-refractivity contribution is 0.356. The molecule has 0 aromatic heterocycles. The summed E-state index contributed by atoms with van der Waals surface area (Å²) in [5.74, 6) is 0.384. The van der Waals surface area contributed by atoms with Gasteiger partial charge in [0.05, 0.1) is 16.5 Å². The van der Waals surface area contributed by atoms with E-state index in [1.54, 1.807) is 26.1 Å². The SMILES string of the molecule is Cc1cc(S(=O)(=O)N(C)CC2CCN(C)C2)ccc1C#N. The Kier molecular flexibility index (Phi) is 4.67. The Morgan fingerprint density at radius 3 is 2.71 bits per heavy atom. The first kappa shape index (κ1) is 16.0. The first-order valence-corrected chi connectivity index (χ1v) is 8.44. The van der Waals surface area contributed by atoms with Crippen LogP contribution in [0, 0.1) is 24.2 Å². The van der Waals surface area contributed by atoms with Crippen LogP contribution >= 0.6 is 0 Å². The molecule has 1 saturated heterocycles. The molecule has 0 radical (unpaired) electrons. The molecule has 0 bridgehead atoms. The van der Waals surface area contributed by atoms with Crippen LogP contribution in [0.25, 0.3) is 0 Å². The molecule has 5 nitrogen and oxygen atoms in total. The quantitative estimate of drug-likeness (QED) is 0.844. The Balaban J connectivity index is 2.17. The molecule has 1 aliphatic heterocycles. The van der Waals surface area contributed by atoms with Gasteiger partial charge in [-0.1, -0.05) is 0 Å². The summed E-state index contributed by atoms with van der Waals surface area (Å²) in [6, 6.07) is 6.71. The van der Waals surface area contributed by atoms with Crippen LogP contribution in [0.5, 0.6) is 0 Å². The highest BCUT2D eigenvalue weighted by atomic mass is 32.2. The molecular formula is C15H21N3O2S. The van der Waals surface area contributed by atoms with E-state index < -0.39 is 10.0 Å². The Morgan fingerprint density at radius 2 is 2.19 bits per heavy atom. The Labute approximate surface area is 126 Å². The largest absolute Gasteiger partial charge is 0.306 e. The zero-order valence-corrected chi connectivity index (χ0v) is 13.5. The van der Waals surface area contributed by atoms with Crippen molar-refractivity contribution in [2.45, 2.75) is 18.2 Å². The van der Waals surface area contributed by atoms with Crippen LogP contribution in [0.1, 0.15) is 17.5 Å². The highest BCUT2D eigenvalue weighted by molar-refractivity contribution is 7.89. The minimum absolute atomic E-state index is 0.257. The maximum absolute atomic E-state index is 12.6. The van der Waals surface area contributed by atoms with E-state index in [0.29, 0.717) is 23.6 Å². The molecule has 1 aromatic rings. The van der Waals surface area contributed by atoms with Gasteiger partial charge < -0.3 is 4.90 Å². The number of hydrogen-bond donors (Lipinski definition) is 0. The number of rotatable bonds is 4. The van der Waals surface area contributed by atoms with Crippen molar-refractivity contribution >= 4 is 10.0 Å². The summed E-state index contributed by atoms with van der Waals surface area (Å²) in [6.45, 7) is 4.25. The molecule has 2 rings (SSSR count). The maximum Gasteiger partial charge on any atom is 0.242 e. The van der Waals surface area contributed by atoms with Gasteiger partial charge in [-0.3, -0.25) is 0 Å². The van der Waals surface area contributed by atoms with Crippen molar-refractivity contribution in [2.75, 3.05) is 33.7 Å². The van der Waals surface area contributed by atoms with Crippen LogP contribution in [-0.2, 0) is 10.0 Å². The zero-order valence-electron chi connectivity index (χ0n) is 12.7. The summed E-state index contributed by atoms with van der Waals surface area (Å²) in [6.07, 6.45) is 1.03. The molecule has 0 saturated carbocycles. The van der Waals surface area contributed by atoms with Crippen molar-refractivity contribution in [1.82, 2.24) is 9.21 Å². The summed E-state index contributed by atoms with van der Waals surface area (Å²) in [4.78, 5) is 2.48. The molecule has 0 amide bonds. The number of sulfonamides is 1. The third kappa shape index (κ3) is 3.43.